The van der Waals surface area contributed by atoms with Crippen molar-refractivity contribution in [3.8, 4) is 0 Å². The second-order valence-electron chi connectivity index (χ2n) is 5.81. The first-order chi connectivity index (χ1) is 13.2. The number of hydrogen-bond donors (Lipinski definition) is 2. The van der Waals surface area contributed by atoms with Gasteiger partial charge < -0.3 is 5.32 Å². The standard InChI is InChI=1S/C16H21N5O4S3/c1-21(28(2,24)25)10-13(22)18-15-19-20-16(27-15)26-11-14(23)17-9-8-12-6-4-3-5-7-12/h3-7H,8-11H2,1-2H3,(H,17,23)(H,18,19,22). The lowest BCUT2D eigenvalue weighted by atomic mass is 10.1. The van der Waals surface area contributed by atoms with Crippen LogP contribution < -0.4 is 10.6 Å². The van der Waals surface area contributed by atoms with E-state index in [2.05, 4.69) is 20.8 Å². The molecular formula is C16H21N5O4S3. The molecule has 1 aromatic heterocycles. The predicted molar refractivity (Wildman–Crippen MR) is 110 cm³/mol. The molecule has 2 aromatic rings. The van der Waals surface area contributed by atoms with Crippen LogP contribution in [0.15, 0.2) is 34.7 Å². The zero-order valence-electron chi connectivity index (χ0n) is 15.4. The number of benzene rings is 1. The van der Waals surface area contributed by atoms with Crippen LogP contribution in [0, 0.1) is 0 Å². The Balaban J connectivity index is 1.70. The number of aromatic nitrogens is 2. The quantitative estimate of drug-likeness (QED) is 0.412. The van der Waals surface area contributed by atoms with Crippen molar-refractivity contribution in [3.63, 3.8) is 0 Å². The molecule has 152 valence electrons. The molecule has 2 amide bonds. The monoisotopic (exact) mass is 443 g/mol. The first-order valence-electron chi connectivity index (χ1n) is 8.22. The van der Waals surface area contributed by atoms with Gasteiger partial charge in [0, 0.05) is 13.6 Å². The molecule has 0 saturated carbocycles. The molecule has 1 aromatic carbocycles. The van der Waals surface area contributed by atoms with Crippen LogP contribution in [0.3, 0.4) is 0 Å². The van der Waals surface area contributed by atoms with E-state index >= 15 is 0 Å². The van der Waals surface area contributed by atoms with Crippen molar-refractivity contribution < 1.29 is 18.0 Å². The highest BCUT2D eigenvalue weighted by Gasteiger charge is 2.16. The molecule has 0 atom stereocenters. The number of nitrogens with one attached hydrogen (secondary N) is 2. The number of hydrogen-bond acceptors (Lipinski definition) is 8. The van der Waals surface area contributed by atoms with Crippen molar-refractivity contribution >= 4 is 50.1 Å². The number of rotatable bonds is 10. The fourth-order valence-electron chi connectivity index (χ4n) is 1.97. The molecule has 0 aliphatic heterocycles. The molecule has 0 unspecified atom stereocenters. The molecular weight excluding hydrogens is 422 g/mol. The summed E-state index contributed by atoms with van der Waals surface area (Å²) in [4.78, 5) is 23.7. The Bertz CT molecular complexity index is 902. The van der Waals surface area contributed by atoms with Gasteiger partial charge in [-0.05, 0) is 12.0 Å². The highest BCUT2D eigenvalue weighted by Crippen LogP contribution is 2.25. The van der Waals surface area contributed by atoms with Crippen molar-refractivity contribution in [1.82, 2.24) is 19.8 Å². The van der Waals surface area contributed by atoms with E-state index in [0.717, 1.165) is 33.9 Å². The molecule has 28 heavy (non-hydrogen) atoms. The Morgan fingerprint density at radius 3 is 2.57 bits per heavy atom. The third-order valence-corrected chi connectivity index (χ3v) is 6.72. The van der Waals surface area contributed by atoms with Crippen LogP contribution in [0.25, 0.3) is 0 Å². The van der Waals surface area contributed by atoms with Gasteiger partial charge in [0.1, 0.15) is 0 Å². The van der Waals surface area contributed by atoms with E-state index in [9.17, 15) is 18.0 Å². The summed E-state index contributed by atoms with van der Waals surface area (Å²) in [6.07, 6.45) is 1.78. The van der Waals surface area contributed by atoms with E-state index in [1.165, 1.54) is 18.8 Å². The summed E-state index contributed by atoms with van der Waals surface area (Å²) < 4.78 is 24.1. The van der Waals surface area contributed by atoms with E-state index in [-0.39, 0.29) is 23.3 Å². The highest BCUT2D eigenvalue weighted by atomic mass is 32.2. The van der Waals surface area contributed by atoms with Gasteiger partial charge in [-0.3, -0.25) is 14.9 Å². The summed E-state index contributed by atoms with van der Waals surface area (Å²) in [6, 6.07) is 9.87. The lowest BCUT2D eigenvalue weighted by Gasteiger charge is -2.12. The lowest BCUT2D eigenvalue weighted by Crippen LogP contribution is -2.34. The normalized spacial score (nSPS) is 11.4. The highest BCUT2D eigenvalue weighted by molar-refractivity contribution is 8.01. The van der Waals surface area contributed by atoms with Gasteiger partial charge in [-0.1, -0.05) is 53.4 Å². The van der Waals surface area contributed by atoms with Gasteiger partial charge in [0.05, 0.1) is 18.6 Å². The lowest BCUT2D eigenvalue weighted by molar-refractivity contribution is -0.118. The van der Waals surface area contributed by atoms with Crippen molar-refractivity contribution in [2.45, 2.75) is 10.8 Å². The molecule has 2 N–H and O–H groups in total. The topological polar surface area (TPSA) is 121 Å². The van der Waals surface area contributed by atoms with Crippen LogP contribution in [0.1, 0.15) is 5.56 Å². The zero-order valence-corrected chi connectivity index (χ0v) is 17.9. The van der Waals surface area contributed by atoms with E-state index < -0.39 is 15.9 Å². The minimum Gasteiger partial charge on any atom is -0.355 e. The number of carbonyl (C=O) groups excluding carboxylic acids is 2. The Kier molecular flexibility index (Phi) is 8.35. The van der Waals surface area contributed by atoms with Crippen molar-refractivity contribution in [1.29, 1.82) is 0 Å². The van der Waals surface area contributed by atoms with Gasteiger partial charge in [-0.25, -0.2) is 8.42 Å². The number of nitrogens with zero attached hydrogens (tertiary/aromatic N) is 3. The third-order valence-electron chi connectivity index (χ3n) is 3.49. The molecule has 12 heteroatoms. The summed E-state index contributed by atoms with van der Waals surface area (Å²) in [6.45, 7) is 0.236. The second kappa shape index (κ2) is 10.5. The smallest absolute Gasteiger partial charge is 0.241 e. The Morgan fingerprint density at radius 2 is 1.89 bits per heavy atom. The number of likely N-dealkylation sites (N-methyl/N-ethyl adjacent to an activating group) is 1. The first kappa shape index (κ1) is 22.3. The Hall–Kier alpha value is -2.02. The van der Waals surface area contributed by atoms with E-state index in [4.69, 9.17) is 0 Å². The molecule has 0 radical (unpaired) electrons. The van der Waals surface area contributed by atoms with Gasteiger partial charge >= 0.3 is 0 Å². The summed E-state index contributed by atoms with van der Waals surface area (Å²) in [5, 5.41) is 13.3. The van der Waals surface area contributed by atoms with Crippen LogP contribution >= 0.6 is 23.1 Å². The second-order valence-corrected chi connectivity index (χ2v) is 10.1. The van der Waals surface area contributed by atoms with Gasteiger partial charge in [-0.15, -0.1) is 10.2 Å². The minimum atomic E-state index is -3.44. The number of amides is 2. The largest absolute Gasteiger partial charge is 0.355 e. The number of sulfonamides is 1. The number of carbonyl (C=O) groups is 2. The van der Waals surface area contributed by atoms with Crippen molar-refractivity contribution in [2.24, 2.45) is 0 Å². The molecule has 0 saturated heterocycles. The zero-order chi connectivity index (χ0) is 20.6. The van der Waals surface area contributed by atoms with Gasteiger partial charge in [0.25, 0.3) is 0 Å². The van der Waals surface area contributed by atoms with E-state index in [0.29, 0.717) is 10.9 Å². The molecule has 1 heterocycles. The molecule has 9 nitrogen and oxygen atoms in total. The van der Waals surface area contributed by atoms with Crippen LogP contribution in [0.5, 0.6) is 0 Å². The summed E-state index contributed by atoms with van der Waals surface area (Å²) in [5.41, 5.74) is 1.15. The molecule has 0 aliphatic rings. The van der Waals surface area contributed by atoms with Crippen LogP contribution in [0.4, 0.5) is 5.13 Å². The van der Waals surface area contributed by atoms with E-state index in [1.54, 1.807) is 0 Å². The average Bonchev–Trinajstić information content (AvgIpc) is 3.07. The Morgan fingerprint density at radius 1 is 1.18 bits per heavy atom. The number of thioether (sulfide) groups is 1. The summed E-state index contributed by atoms with van der Waals surface area (Å²) in [5.74, 6) is -0.440. The average molecular weight is 444 g/mol. The van der Waals surface area contributed by atoms with Gasteiger partial charge in [-0.2, -0.15) is 4.31 Å². The summed E-state index contributed by atoms with van der Waals surface area (Å²) in [7, 11) is -2.13. The van der Waals surface area contributed by atoms with Crippen LogP contribution in [0.2, 0.25) is 0 Å². The molecule has 0 spiro atoms. The maximum absolute atomic E-state index is 11.9. The number of anilines is 1. The fourth-order valence-corrected chi connectivity index (χ4v) is 3.92. The predicted octanol–water partition coefficient (Wildman–Crippen LogP) is 0.819. The van der Waals surface area contributed by atoms with Crippen LogP contribution in [-0.4, -0.2) is 66.9 Å². The molecule has 0 aliphatic carbocycles. The van der Waals surface area contributed by atoms with Gasteiger partial charge in [0.15, 0.2) is 4.34 Å². The summed E-state index contributed by atoms with van der Waals surface area (Å²) >= 11 is 2.34. The molecule has 2 rings (SSSR count). The SMILES string of the molecule is CN(CC(=O)Nc1nnc(SCC(=O)NCCc2ccccc2)s1)S(C)(=O)=O. The maximum atomic E-state index is 11.9. The van der Waals surface area contributed by atoms with Crippen LogP contribution in [-0.2, 0) is 26.0 Å². The van der Waals surface area contributed by atoms with Crippen molar-refractivity contribution in [2.75, 3.05) is 37.5 Å². The van der Waals surface area contributed by atoms with Crippen molar-refractivity contribution in [3.05, 3.63) is 35.9 Å². The molecule has 0 fully saturated rings. The first-order valence-corrected chi connectivity index (χ1v) is 11.9. The van der Waals surface area contributed by atoms with E-state index in [1.807, 2.05) is 30.3 Å². The Labute approximate surface area is 172 Å². The fraction of sp³-hybridized carbons (Fsp3) is 0.375. The minimum absolute atomic E-state index is 0.114. The molecule has 0 bridgehead atoms. The third kappa shape index (κ3) is 7.92. The maximum Gasteiger partial charge on any atom is 0.241 e. The van der Waals surface area contributed by atoms with Gasteiger partial charge in [0.2, 0.25) is 27.0 Å².